The summed E-state index contributed by atoms with van der Waals surface area (Å²) in [5.74, 6) is -1.64. The van der Waals surface area contributed by atoms with Gasteiger partial charge in [0.2, 0.25) is 10.9 Å². The van der Waals surface area contributed by atoms with Gasteiger partial charge in [-0.2, -0.15) is 4.31 Å². The highest BCUT2D eigenvalue weighted by molar-refractivity contribution is 7.89. The lowest BCUT2D eigenvalue weighted by Crippen LogP contribution is -2.46. The van der Waals surface area contributed by atoms with Crippen molar-refractivity contribution in [1.29, 1.82) is 0 Å². The lowest BCUT2D eigenvalue weighted by Gasteiger charge is -2.32. The summed E-state index contributed by atoms with van der Waals surface area (Å²) >= 11 is 0. The van der Waals surface area contributed by atoms with E-state index in [-0.39, 0.29) is 16.9 Å². The predicted octanol–water partition coefficient (Wildman–Crippen LogP) is 1.13. The van der Waals surface area contributed by atoms with Gasteiger partial charge >= 0.3 is 5.97 Å². The number of hydrogen-bond donors (Lipinski definition) is 2. The lowest BCUT2D eigenvalue weighted by atomic mass is 10.1. The van der Waals surface area contributed by atoms with Crippen LogP contribution < -0.4 is 5.32 Å². The van der Waals surface area contributed by atoms with E-state index < -0.39 is 16.0 Å². The number of rotatable bonds is 6. The summed E-state index contributed by atoms with van der Waals surface area (Å²) in [6.45, 7) is 3.86. The normalized spacial score (nSPS) is 17.2. The first-order valence-electron chi connectivity index (χ1n) is 7.02. The number of nitrogens with zero attached hydrogens (tertiary/aromatic N) is 1. The minimum Gasteiger partial charge on any atom is -0.475 e. The topological polar surface area (TPSA) is 99.9 Å². The molecule has 1 aliphatic heterocycles. The molecule has 0 amide bonds. The smallest absolute Gasteiger partial charge is 0.371 e. The van der Waals surface area contributed by atoms with Crippen LogP contribution in [0.4, 0.5) is 0 Å². The highest BCUT2D eigenvalue weighted by Gasteiger charge is 2.34. The van der Waals surface area contributed by atoms with E-state index in [4.69, 9.17) is 9.52 Å². The second-order valence-corrected chi connectivity index (χ2v) is 6.84. The maximum atomic E-state index is 12.7. The zero-order chi connectivity index (χ0) is 15.5. The molecular weight excluding hydrogens is 296 g/mol. The number of aromatic carboxylic acids is 1. The Hall–Kier alpha value is -1.38. The number of hydrogen-bond acceptors (Lipinski definition) is 5. The number of carboxylic acid groups (broad SMARTS) is 1. The van der Waals surface area contributed by atoms with Crippen LogP contribution >= 0.6 is 0 Å². The average molecular weight is 316 g/mol. The molecule has 0 bridgehead atoms. The van der Waals surface area contributed by atoms with Gasteiger partial charge in [-0.05, 0) is 44.5 Å². The fraction of sp³-hybridized carbons (Fsp3) is 0.615. The predicted molar refractivity (Wildman–Crippen MR) is 75.7 cm³/mol. The summed E-state index contributed by atoms with van der Waals surface area (Å²) < 4.78 is 31.8. The van der Waals surface area contributed by atoms with Gasteiger partial charge in [0.25, 0.3) is 10.0 Å². The van der Waals surface area contributed by atoms with E-state index in [1.54, 1.807) is 0 Å². The molecule has 0 aliphatic carbocycles. The second-order valence-electron chi connectivity index (χ2n) is 5.02. The summed E-state index contributed by atoms with van der Waals surface area (Å²) in [6.07, 6.45) is 2.17. The van der Waals surface area contributed by atoms with Crippen molar-refractivity contribution in [3.8, 4) is 0 Å². The number of piperidine rings is 1. The highest BCUT2D eigenvalue weighted by Crippen LogP contribution is 2.24. The number of carboxylic acids is 1. The molecule has 1 aromatic heterocycles. The fourth-order valence-corrected chi connectivity index (χ4v) is 4.20. The largest absolute Gasteiger partial charge is 0.475 e. The molecule has 0 unspecified atom stereocenters. The molecule has 0 radical (unpaired) electrons. The van der Waals surface area contributed by atoms with Crippen molar-refractivity contribution in [2.45, 2.75) is 37.3 Å². The summed E-state index contributed by atoms with van der Waals surface area (Å²) in [6, 6.07) is 2.30. The molecule has 2 N–H and O–H groups in total. The molecule has 8 heteroatoms. The van der Waals surface area contributed by atoms with E-state index in [1.165, 1.54) is 16.4 Å². The van der Waals surface area contributed by atoms with E-state index in [2.05, 4.69) is 5.32 Å². The van der Waals surface area contributed by atoms with Crippen LogP contribution in [0.1, 0.15) is 36.7 Å². The zero-order valence-corrected chi connectivity index (χ0v) is 12.7. The molecule has 1 saturated heterocycles. The monoisotopic (exact) mass is 316 g/mol. The van der Waals surface area contributed by atoms with Gasteiger partial charge in [0, 0.05) is 12.6 Å². The lowest BCUT2D eigenvalue weighted by molar-refractivity contribution is 0.0656. The Morgan fingerprint density at radius 2 is 2.10 bits per heavy atom. The average Bonchev–Trinajstić information content (AvgIpc) is 2.96. The maximum absolute atomic E-state index is 12.7. The Labute approximate surface area is 124 Å². The fourth-order valence-electron chi connectivity index (χ4n) is 2.50. The number of furan rings is 1. The van der Waals surface area contributed by atoms with Gasteiger partial charge in [0.05, 0.1) is 0 Å². The van der Waals surface area contributed by atoms with E-state index >= 15 is 0 Å². The molecule has 2 rings (SSSR count). The van der Waals surface area contributed by atoms with Crippen molar-refractivity contribution in [1.82, 2.24) is 9.62 Å². The molecule has 118 valence electrons. The molecular formula is C13H20N2O5S. The zero-order valence-electron chi connectivity index (χ0n) is 11.9. The van der Waals surface area contributed by atoms with Crippen LogP contribution in [0, 0.1) is 0 Å². The molecule has 1 aromatic rings. The quantitative estimate of drug-likeness (QED) is 0.816. The molecule has 1 fully saturated rings. The Morgan fingerprint density at radius 1 is 1.43 bits per heavy atom. The van der Waals surface area contributed by atoms with Gasteiger partial charge in [0.1, 0.15) is 0 Å². The first-order chi connectivity index (χ1) is 9.96. The molecule has 0 atom stereocenters. The third-order valence-electron chi connectivity index (χ3n) is 3.52. The Morgan fingerprint density at radius 3 is 2.62 bits per heavy atom. The van der Waals surface area contributed by atoms with Crippen molar-refractivity contribution in [2.75, 3.05) is 19.6 Å². The number of nitrogens with one attached hydrogen (secondary N) is 1. The van der Waals surface area contributed by atoms with Crippen LogP contribution in [0.2, 0.25) is 0 Å². The summed E-state index contributed by atoms with van der Waals surface area (Å²) in [4.78, 5) is 10.8. The van der Waals surface area contributed by atoms with Crippen LogP contribution in [0.5, 0.6) is 0 Å². The van der Waals surface area contributed by atoms with Crippen molar-refractivity contribution in [2.24, 2.45) is 0 Å². The molecule has 21 heavy (non-hydrogen) atoms. The first kappa shape index (κ1) is 16.0. The SMILES string of the molecule is CCCN(C1CCNCC1)S(=O)(=O)c1ccc(C(=O)O)o1. The van der Waals surface area contributed by atoms with Gasteiger partial charge in [-0.1, -0.05) is 6.92 Å². The third-order valence-corrected chi connectivity index (χ3v) is 5.34. The molecule has 2 heterocycles. The van der Waals surface area contributed by atoms with Crippen LogP contribution in [0.15, 0.2) is 21.6 Å². The standard InChI is InChI=1S/C13H20N2O5S/c1-2-9-15(10-5-7-14-8-6-10)21(18,19)12-4-3-11(20-12)13(16)17/h3-4,10,14H,2,5-9H2,1H3,(H,16,17). The van der Waals surface area contributed by atoms with Gasteiger partial charge in [-0.15, -0.1) is 0 Å². The van der Waals surface area contributed by atoms with Crippen molar-refractivity contribution < 1.29 is 22.7 Å². The highest BCUT2D eigenvalue weighted by atomic mass is 32.2. The molecule has 7 nitrogen and oxygen atoms in total. The van der Waals surface area contributed by atoms with E-state index in [1.807, 2.05) is 6.92 Å². The van der Waals surface area contributed by atoms with Crippen molar-refractivity contribution in [3.05, 3.63) is 17.9 Å². The maximum Gasteiger partial charge on any atom is 0.371 e. The molecule has 0 aromatic carbocycles. The Balaban J connectivity index is 2.29. The summed E-state index contributed by atoms with van der Waals surface area (Å²) in [5, 5.41) is 11.7. The number of carbonyl (C=O) groups is 1. The second kappa shape index (κ2) is 6.59. The molecule has 0 saturated carbocycles. The van der Waals surface area contributed by atoms with Gasteiger partial charge in [0.15, 0.2) is 0 Å². The minimum atomic E-state index is -3.80. The number of sulfonamides is 1. The van der Waals surface area contributed by atoms with Crippen molar-refractivity contribution >= 4 is 16.0 Å². The summed E-state index contributed by atoms with van der Waals surface area (Å²) in [5.41, 5.74) is 0. The van der Waals surface area contributed by atoms with Crippen LogP contribution in [-0.2, 0) is 10.0 Å². The minimum absolute atomic E-state index is 0.0745. The van der Waals surface area contributed by atoms with Crippen LogP contribution in [0.3, 0.4) is 0 Å². The first-order valence-corrected chi connectivity index (χ1v) is 8.46. The van der Waals surface area contributed by atoms with E-state index in [0.717, 1.165) is 25.9 Å². The summed E-state index contributed by atoms with van der Waals surface area (Å²) in [7, 11) is -3.80. The van der Waals surface area contributed by atoms with Gasteiger partial charge in [-0.25, -0.2) is 13.2 Å². The van der Waals surface area contributed by atoms with Crippen LogP contribution in [-0.4, -0.2) is 49.5 Å². The van der Waals surface area contributed by atoms with E-state index in [0.29, 0.717) is 13.0 Å². The van der Waals surface area contributed by atoms with E-state index in [9.17, 15) is 13.2 Å². The van der Waals surface area contributed by atoms with Gasteiger partial charge < -0.3 is 14.8 Å². The Bertz CT molecular complexity index is 589. The van der Waals surface area contributed by atoms with Crippen LogP contribution in [0.25, 0.3) is 0 Å². The Kier molecular flexibility index (Phi) is 5.02. The third kappa shape index (κ3) is 3.45. The molecule has 1 aliphatic rings. The van der Waals surface area contributed by atoms with Crippen molar-refractivity contribution in [3.63, 3.8) is 0 Å². The molecule has 0 spiro atoms. The van der Waals surface area contributed by atoms with Gasteiger partial charge in [-0.3, -0.25) is 0 Å².